The molecule has 2 N–H and O–H groups in total. The Kier molecular flexibility index (Phi) is 6.49. The van der Waals surface area contributed by atoms with E-state index in [1.165, 1.54) is 4.90 Å². The lowest BCUT2D eigenvalue weighted by Gasteiger charge is -2.33. The van der Waals surface area contributed by atoms with Gasteiger partial charge in [0.1, 0.15) is 4.70 Å². The van der Waals surface area contributed by atoms with Crippen LogP contribution in [-0.4, -0.2) is 58.5 Å². The highest BCUT2D eigenvalue weighted by Crippen LogP contribution is 2.31. The van der Waals surface area contributed by atoms with E-state index >= 15 is 0 Å². The Morgan fingerprint density at radius 1 is 1.25 bits per heavy atom. The van der Waals surface area contributed by atoms with Gasteiger partial charge in [-0.1, -0.05) is 18.2 Å². The van der Waals surface area contributed by atoms with Gasteiger partial charge >= 0.3 is 0 Å². The van der Waals surface area contributed by atoms with Crippen molar-refractivity contribution in [3.05, 3.63) is 56.7 Å². The van der Waals surface area contributed by atoms with Crippen LogP contribution in [0.2, 0.25) is 0 Å². The third-order valence-corrected chi connectivity index (χ3v) is 7.91. The molecule has 1 aromatic carbocycles. The molecule has 11 heteroatoms. The van der Waals surface area contributed by atoms with Gasteiger partial charge in [-0.3, -0.25) is 14.2 Å². The molecule has 36 heavy (non-hydrogen) atoms. The zero-order valence-corrected chi connectivity index (χ0v) is 20.4. The van der Waals surface area contributed by atoms with E-state index in [1.54, 1.807) is 28.8 Å². The van der Waals surface area contributed by atoms with Crippen molar-refractivity contribution in [3.8, 4) is 6.07 Å². The van der Waals surface area contributed by atoms with Crippen LogP contribution in [0.4, 0.5) is 14.7 Å². The van der Waals surface area contributed by atoms with E-state index in [0.29, 0.717) is 45.3 Å². The SMILES string of the molecule is N#Cc1ccccc1Cn1c(N2CCC[C@@H](N)C2)nc2cc(C(=O)N3CCC(F)(F)CC3)sc2c1=O. The minimum Gasteiger partial charge on any atom is -0.341 e. The highest BCUT2D eigenvalue weighted by Gasteiger charge is 2.36. The second-order valence-corrected chi connectivity index (χ2v) is 10.4. The molecule has 2 aromatic heterocycles. The maximum atomic E-state index is 13.7. The van der Waals surface area contributed by atoms with E-state index in [0.717, 1.165) is 24.2 Å². The Morgan fingerprint density at radius 2 is 2.00 bits per heavy atom. The number of amides is 1. The monoisotopic (exact) mass is 512 g/mol. The van der Waals surface area contributed by atoms with Gasteiger partial charge in [0, 0.05) is 45.1 Å². The maximum absolute atomic E-state index is 13.7. The number of halogens is 2. The molecule has 0 unspecified atom stereocenters. The third-order valence-electron chi connectivity index (χ3n) is 6.81. The summed E-state index contributed by atoms with van der Waals surface area (Å²) >= 11 is 1.03. The highest BCUT2D eigenvalue weighted by molar-refractivity contribution is 7.20. The normalized spacial score (nSPS) is 19.9. The van der Waals surface area contributed by atoms with Gasteiger partial charge in [-0.2, -0.15) is 5.26 Å². The first kappa shape index (κ1) is 24.3. The summed E-state index contributed by atoms with van der Waals surface area (Å²) in [6, 6.07) is 10.8. The summed E-state index contributed by atoms with van der Waals surface area (Å²) in [5.74, 6) is -2.67. The number of rotatable bonds is 4. The van der Waals surface area contributed by atoms with Gasteiger partial charge in [0.2, 0.25) is 5.95 Å². The molecule has 0 bridgehead atoms. The predicted octanol–water partition coefficient (Wildman–Crippen LogP) is 3.18. The average Bonchev–Trinajstić information content (AvgIpc) is 3.30. The van der Waals surface area contributed by atoms with E-state index in [4.69, 9.17) is 10.7 Å². The number of hydrogen-bond donors (Lipinski definition) is 1. The molecule has 2 aliphatic rings. The minimum atomic E-state index is -2.75. The fourth-order valence-electron chi connectivity index (χ4n) is 4.81. The van der Waals surface area contributed by atoms with Crippen LogP contribution in [0.5, 0.6) is 0 Å². The van der Waals surface area contributed by atoms with Crippen molar-refractivity contribution >= 4 is 33.4 Å². The van der Waals surface area contributed by atoms with Crippen molar-refractivity contribution < 1.29 is 13.6 Å². The molecular weight excluding hydrogens is 486 g/mol. The summed E-state index contributed by atoms with van der Waals surface area (Å²) in [5.41, 5.74) is 7.45. The Labute approximate surface area is 210 Å². The Balaban J connectivity index is 1.57. The molecule has 4 heterocycles. The highest BCUT2D eigenvalue weighted by atomic mass is 32.1. The number of carbonyl (C=O) groups is 1. The number of anilines is 1. The van der Waals surface area contributed by atoms with Crippen LogP contribution in [-0.2, 0) is 6.54 Å². The van der Waals surface area contributed by atoms with E-state index < -0.39 is 5.92 Å². The first-order valence-electron chi connectivity index (χ1n) is 12.0. The Bertz CT molecular complexity index is 1400. The summed E-state index contributed by atoms with van der Waals surface area (Å²) in [6.07, 6.45) is 1.00. The van der Waals surface area contributed by atoms with E-state index in [1.807, 2.05) is 11.0 Å². The minimum absolute atomic E-state index is 0.0282. The number of nitrogens with zero attached hydrogens (tertiary/aromatic N) is 5. The number of aromatic nitrogens is 2. The smallest absolute Gasteiger partial charge is 0.273 e. The quantitative estimate of drug-likeness (QED) is 0.575. The number of nitriles is 1. The van der Waals surface area contributed by atoms with Gasteiger partial charge < -0.3 is 15.5 Å². The van der Waals surface area contributed by atoms with Crippen molar-refractivity contribution in [3.63, 3.8) is 0 Å². The largest absolute Gasteiger partial charge is 0.341 e. The van der Waals surface area contributed by atoms with Crippen LogP contribution in [0.1, 0.15) is 46.5 Å². The number of alkyl halides is 2. The standard InChI is InChI=1S/C25H26F2N6O2S/c26-25(27)7-10-31(11-8-25)22(34)20-12-19-21(36-20)23(35)33(14-17-5-2-1-4-16(17)13-28)24(30-19)32-9-3-6-18(29)15-32/h1-2,4-5,12,18H,3,6-11,14-15,29H2/t18-/m1/s1. The van der Waals surface area contributed by atoms with Crippen LogP contribution in [0.3, 0.4) is 0 Å². The first-order chi connectivity index (χ1) is 17.3. The van der Waals surface area contributed by atoms with Crippen LogP contribution in [0.25, 0.3) is 10.2 Å². The van der Waals surface area contributed by atoms with Gasteiger partial charge in [-0.25, -0.2) is 13.8 Å². The van der Waals surface area contributed by atoms with E-state index in [-0.39, 0.29) is 50.0 Å². The molecule has 188 valence electrons. The van der Waals surface area contributed by atoms with E-state index in [2.05, 4.69) is 6.07 Å². The molecule has 0 saturated carbocycles. The fraction of sp³-hybridized carbons (Fsp3) is 0.440. The number of nitrogens with two attached hydrogens (primary N) is 1. The van der Waals surface area contributed by atoms with Crippen molar-refractivity contribution in [2.75, 3.05) is 31.1 Å². The Morgan fingerprint density at radius 3 is 2.72 bits per heavy atom. The molecule has 8 nitrogen and oxygen atoms in total. The topological polar surface area (TPSA) is 108 Å². The van der Waals surface area contributed by atoms with Gasteiger partial charge in [0.15, 0.2) is 0 Å². The second-order valence-electron chi connectivity index (χ2n) is 9.39. The average molecular weight is 513 g/mol. The molecule has 2 fully saturated rings. The summed E-state index contributed by atoms with van der Waals surface area (Å²) in [4.78, 5) is 35.3. The zero-order valence-electron chi connectivity index (χ0n) is 19.6. The lowest BCUT2D eigenvalue weighted by Crippen LogP contribution is -2.45. The molecule has 2 aliphatic heterocycles. The third kappa shape index (κ3) is 4.70. The lowest BCUT2D eigenvalue weighted by atomic mass is 10.1. The Hall–Kier alpha value is -3.36. The number of thiophene rings is 1. The lowest BCUT2D eigenvalue weighted by molar-refractivity contribution is -0.0493. The zero-order chi connectivity index (χ0) is 25.4. The summed E-state index contributed by atoms with van der Waals surface area (Å²) in [6.45, 7) is 1.31. The first-order valence-corrected chi connectivity index (χ1v) is 12.8. The summed E-state index contributed by atoms with van der Waals surface area (Å²) < 4.78 is 29.0. The van der Waals surface area contributed by atoms with Crippen LogP contribution >= 0.6 is 11.3 Å². The van der Waals surface area contributed by atoms with Crippen molar-refractivity contribution in [2.45, 2.75) is 44.2 Å². The van der Waals surface area contributed by atoms with Crippen LogP contribution < -0.4 is 16.2 Å². The summed E-state index contributed by atoms with van der Waals surface area (Å²) in [5, 5.41) is 9.54. The maximum Gasteiger partial charge on any atom is 0.273 e. The van der Waals surface area contributed by atoms with E-state index in [9.17, 15) is 23.6 Å². The second kappa shape index (κ2) is 9.59. The van der Waals surface area contributed by atoms with Crippen molar-refractivity contribution in [1.29, 1.82) is 5.26 Å². The van der Waals surface area contributed by atoms with Gasteiger partial charge in [-0.05, 0) is 30.5 Å². The molecule has 1 atom stereocenters. The number of likely N-dealkylation sites (tertiary alicyclic amines) is 1. The van der Waals surface area contributed by atoms with Crippen molar-refractivity contribution in [2.24, 2.45) is 5.73 Å². The van der Waals surface area contributed by atoms with Crippen LogP contribution in [0.15, 0.2) is 35.1 Å². The molecule has 2 saturated heterocycles. The number of fused-ring (bicyclic) bond motifs is 1. The molecular formula is C25H26F2N6O2S. The number of benzene rings is 1. The molecule has 0 aliphatic carbocycles. The van der Waals surface area contributed by atoms with Crippen molar-refractivity contribution in [1.82, 2.24) is 14.5 Å². The molecule has 0 radical (unpaired) electrons. The predicted molar refractivity (Wildman–Crippen MR) is 134 cm³/mol. The number of piperidine rings is 2. The van der Waals surface area contributed by atoms with Gasteiger partial charge in [0.25, 0.3) is 17.4 Å². The molecule has 5 rings (SSSR count). The molecule has 1 amide bonds. The van der Waals surface area contributed by atoms with Gasteiger partial charge in [-0.15, -0.1) is 11.3 Å². The molecule has 3 aromatic rings. The number of hydrogen-bond acceptors (Lipinski definition) is 7. The summed E-state index contributed by atoms with van der Waals surface area (Å²) in [7, 11) is 0. The fourth-order valence-corrected chi connectivity index (χ4v) is 5.82. The van der Waals surface area contributed by atoms with Crippen LogP contribution in [0, 0.1) is 11.3 Å². The molecule has 0 spiro atoms. The van der Waals surface area contributed by atoms with Gasteiger partial charge in [0.05, 0.1) is 28.6 Å². The number of carbonyl (C=O) groups excluding carboxylic acids is 1.